The van der Waals surface area contributed by atoms with Crippen molar-refractivity contribution in [2.75, 3.05) is 20.0 Å². The van der Waals surface area contributed by atoms with Gasteiger partial charge in [-0.05, 0) is 41.8 Å². The SMILES string of the molecule is COc1ccc(/C=N/NC(=O)CSCc2ccccc2C)cc1OC. The topological polar surface area (TPSA) is 59.9 Å². The molecule has 0 saturated carbocycles. The first-order chi connectivity index (χ1) is 12.1. The molecule has 0 spiro atoms. The van der Waals surface area contributed by atoms with E-state index in [2.05, 4.69) is 29.6 Å². The second kappa shape index (κ2) is 9.74. The number of rotatable bonds is 8. The van der Waals surface area contributed by atoms with Gasteiger partial charge in [0.2, 0.25) is 5.91 Å². The molecule has 0 saturated heterocycles. The van der Waals surface area contributed by atoms with Gasteiger partial charge < -0.3 is 9.47 Å². The van der Waals surface area contributed by atoms with Crippen LogP contribution in [-0.4, -0.2) is 32.1 Å². The van der Waals surface area contributed by atoms with Crippen molar-refractivity contribution in [2.24, 2.45) is 5.10 Å². The fraction of sp³-hybridized carbons (Fsp3) is 0.263. The van der Waals surface area contributed by atoms with Crippen LogP contribution in [0.5, 0.6) is 11.5 Å². The Hall–Kier alpha value is -2.47. The third-order valence-electron chi connectivity index (χ3n) is 3.56. The molecule has 0 bridgehead atoms. The highest BCUT2D eigenvalue weighted by molar-refractivity contribution is 7.99. The number of hydrogen-bond acceptors (Lipinski definition) is 5. The average Bonchev–Trinajstić information content (AvgIpc) is 2.63. The quantitative estimate of drug-likeness (QED) is 0.580. The van der Waals surface area contributed by atoms with Crippen molar-refractivity contribution in [3.63, 3.8) is 0 Å². The lowest BCUT2D eigenvalue weighted by Crippen LogP contribution is -2.19. The zero-order valence-corrected chi connectivity index (χ0v) is 15.4. The predicted molar refractivity (Wildman–Crippen MR) is 103 cm³/mol. The molecular weight excluding hydrogens is 336 g/mol. The van der Waals surface area contributed by atoms with E-state index in [1.54, 1.807) is 44.3 Å². The van der Waals surface area contributed by atoms with Crippen molar-refractivity contribution >= 4 is 23.9 Å². The van der Waals surface area contributed by atoms with Gasteiger partial charge in [0.1, 0.15) is 0 Å². The summed E-state index contributed by atoms with van der Waals surface area (Å²) in [6.45, 7) is 2.07. The minimum atomic E-state index is -0.129. The summed E-state index contributed by atoms with van der Waals surface area (Å²) < 4.78 is 10.4. The Kier molecular flexibility index (Phi) is 7.35. The predicted octanol–water partition coefficient (Wildman–Crippen LogP) is 3.40. The second-order valence-electron chi connectivity index (χ2n) is 5.33. The van der Waals surface area contributed by atoms with Crippen molar-refractivity contribution in [1.82, 2.24) is 5.43 Å². The van der Waals surface area contributed by atoms with Crippen LogP contribution in [0.3, 0.4) is 0 Å². The van der Waals surface area contributed by atoms with Crippen LogP contribution in [0.15, 0.2) is 47.6 Å². The minimum absolute atomic E-state index is 0.129. The maximum Gasteiger partial charge on any atom is 0.250 e. The van der Waals surface area contributed by atoms with E-state index in [-0.39, 0.29) is 5.91 Å². The zero-order chi connectivity index (χ0) is 18.1. The smallest absolute Gasteiger partial charge is 0.250 e. The number of carbonyl (C=O) groups is 1. The first-order valence-corrected chi connectivity index (χ1v) is 8.95. The van der Waals surface area contributed by atoms with Gasteiger partial charge in [-0.2, -0.15) is 5.10 Å². The first-order valence-electron chi connectivity index (χ1n) is 7.80. The van der Waals surface area contributed by atoms with Crippen LogP contribution in [0.4, 0.5) is 0 Å². The molecule has 0 aliphatic carbocycles. The number of methoxy groups -OCH3 is 2. The van der Waals surface area contributed by atoms with Gasteiger partial charge in [-0.15, -0.1) is 11.8 Å². The number of carbonyl (C=O) groups excluding carboxylic acids is 1. The number of aryl methyl sites for hydroxylation is 1. The summed E-state index contributed by atoms with van der Waals surface area (Å²) in [6, 6.07) is 13.6. The number of nitrogens with zero attached hydrogens (tertiary/aromatic N) is 1. The zero-order valence-electron chi connectivity index (χ0n) is 14.6. The number of hydrazone groups is 1. The van der Waals surface area contributed by atoms with Crippen LogP contribution >= 0.6 is 11.8 Å². The Morgan fingerprint density at radius 3 is 2.64 bits per heavy atom. The van der Waals surface area contributed by atoms with Gasteiger partial charge in [-0.1, -0.05) is 24.3 Å². The normalized spacial score (nSPS) is 10.7. The van der Waals surface area contributed by atoms with Crippen LogP contribution in [0.1, 0.15) is 16.7 Å². The van der Waals surface area contributed by atoms with Crippen molar-refractivity contribution in [3.05, 3.63) is 59.2 Å². The van der Waals surface area contributed by atoms with E-state index >= 15 is 0 Å². The van der Waals surface area contributed by atoms with Crippen LogP contribution < -0.4 is 14.9 Å². The van der Waals surface area contributed by atoms with Gasteiger partial charge in [0.05, 0.1) is 26.2 Å². The standard InChI is InChI=1S/C19H22N2O3S/c1-14-6-4-5-7-16(14)12-25-13-19(22)21-20-11-15-8-9-17(23-2)18(10-15)24-3/h4-11H,12-13H2,1-3H3,(H,21,22)/b20-11+. The first kappa shape index (κ1) is 18.9. The van der Waals surface area contributed by atoms with E-state index in [9.17, 15) is 4.79 Å². The highest BCUT2D eigenvalue weighted by Crippen LogP contribution is 2.26. The molecule has 0 unspecified atom stereocenters. The maximum atomic E-state index is 11.8. The van der Waals surface area contributed by atoms with Gasteiger partial charge in [0.25, 0.3) is 0 Å². The molecule has 0 heterocycles. The monoisotopic (exact) mass is 358 g/mol. The lowest BCUT2D eigenvalue weighted by molar-refractivity contribution is -0.118. The van der Waals surface area contributed by atoms with Crippen molar-refractivity contribution < 1.29 is 14.3 Å². The molecule has 1 N–H and O–H groups in total. The largest absolute Gasteiger partial charge is 0.493 e. The number of nitrogens with one attached hydrogen (secondary N) is 1. The van der Waals surface area contributed by atoms with E-state index in [0.717, 1.165) is 11.3 Å². The molecule has 25 heavy (non-hydrogen) atoms. The number of thioether (sulfide) groups is 1. The molecule has 5 nitrogen and oxygen atoms in total. The maximum absolute atomic E-state index is 11.8. The van der Waals surface area contributed by atoms with Crippen LogP contribution in [-0.2, 0) is 10.5 Å². The third kappa shape index (κ3) is 5.83. The van der Waals surface area contributed by atoms with Gasteiger partial charge in [-0.25, -0.2) is 5.43 Å². The lowest BCUT2D eigenvalue weighted by Gasteiger charge is -2.07. The fourth-order valence-electron chi connectivity index (χ4n) is 2.17. The Morgan fingerprint density at radius 2 is 1.92 bits per heavy atom. The highest BCUT2D eigenvalue weighted by Gasteiger charge is 2.04. The summed E-state index contributed by atoms with van der Waals surface area (Å²) in [5.41, 5.74) is 5.83. The molecule has 0 aliphatic rings. The number of ether oxygens (including phenoxy) is 2. The molecule has 0 aromatic heterocycles. The fourth-order valence-corrected chi connectivity index (χ4v) is 3.07. The van der Waals surface area contributed by atoms with Crippen molar-refractivity contribution in [1.29, 1.82) is 0 Å². The summed E-state index contributed by atoms with van der Waals surface area (Å²) >= 11 is 1.56. The Balaban J connectivity index is 1.79. The summed E-state index contributed by atoms with van der Waals surface area (Å²) in [7, 11) is 3.16. The summed E-state index contributed by atoms with van der Waals surface area (Å²) in [4.78, 5) is 11.8. The molecule has 0 fully saturated rings. The van der Waals surface area contributed by atoms with Gasteiger partial charge in [-0.3, -0.25) is 4.79 Å². The molecular formula is C19H22N2O3S. The van der Waals surface area contributed by atoms with Gasteiger partial charge >= 0.3 is 0 Å². The van der Waals surface area contributed by atoms with Crippen molar-refractivity contribution in [3.8, 4) is 11.5 Å². The number of benzene rings is 2. The average molecular weight is 358 g/mol. The number of hydrogen-bond donors (Lipinski definition) is 1. The molecule has 2 rings (SSSR count). The van der Waals surface area contributed by atoms with E-state index in [4.69, 9.17) is 9.47 Å². The molecule has 132 valence electrons. The molecule has 1 amide bonds. The van der Waals surface area contributed by atoms with Crippen LogP contribution in [0.2, 0.25) is 0 Å². The number of amides is 1. The summed E-state index contributed by atoms with van der Waals surface area (Å²) in [5.74, 6) is 2.30. The molecule has 6 heteroatoms. The van der Waals surface area contributed by atoms with Crippen LogP contribution in [0, 0.1) is 6.92 Å². The second-order valence-corrected chi connectivity index (χ2v) is 6.31. The molecule has 0 atom stereocenters. The van der Waals surface area contributed by atoms with E-state index in [1.165, 1.54) is 11.1 Å². The van der Waals surface area contributed by atoms with Gasteiger partial charge in [0, 0.05) is 5.75 Å². The van der Waals surface area contributed by atoms with Crippen molar-refractivity contribution in [2.45, 2.75) is 12.7 Å². The van der Waals surface area contributed by atoms with Gasteiger partial charge in [0.15, 0.2) is 11.5 Å². The molecule has 2 aromatic rings. The molecule has 0 aliphatic heterocycles. The highest BCUT2D eigenvalue weighted by atomic mass is 32.2. The lowest BCUT2D eigenvalue weighted by atomic mass is 10.1. The Labute approximate surface area is 152 Å². The van der Waals surface area contributed by atoms with E-state index in [0.29, 0.717) is 17.3 Å². The molecule has 2 aromatic carbocycles. The summed E-state index contributed by atoms with van der Waals surface area (Å²) in [5, 5.41) is 3.98. The third-order valence-corrected chi connectivity index (χ3v) is 4.54. The summed E-state index contributed by atoms with van der Waals surface area (Å²) in [6.07, 6.45) is 1.58. The molecule has 0 radical (unpaired) electrons. The van der Waals surface area contributed by atoms with Crippen LogP contribution in [0.25, 0.3) is 0 Å². The van der Waals surface area contributed by atoms with E-state index in [1.807, 2.05) is 18.2 Å². The Bertz CT molecular complexity index is 747. The van der Waals surface area contributed by atoms with E-state index < -0.39 is 0 Å². The Morgan fingerprint density at radius 1 is 1.16 bits per heavy atom. The minimum Gasteiger partial charge on any atom is -0.493 e.